The number of nitrogens with zero attached hydrogens (tertiary/aromatic N) is 4. The SMILES string of the molecule is C[C@@H]1CC[C@H](CCC(=O)N2CCN(C)[C@@H](c3nccn3C)C2)O1. The highest BCUT2D eigenvalue weighted by atomic mass is 16.5. The Bertz CT molecular complexity index is 544. The van der Waals surface area contributed by atoms with E-state index in [1.807, 2.05) is 28.9 Å². The number of ether oxygens (including phenoxy) is 1. The number of carbonyl (C=O) groups excluding carboxylic acids is 1. The summed E-state index contributed by atoms with van der Waals surface area (Å²) in [5, 5.41) is 0. The summed E-state index contributed by atoms with van der Waals surface area (Å²) in [5.74, 6) is 1.28. The van der Waals surface area contributed by atoms with E-state index in [1.54, 1.807) is 0 Å². The molecule has 0 aliphatic carbocycles. The van der Waals surface area contributed by atoms with Crippen molar-refractivity contribution in [1.29, 1.82) is 0 Å². The number of imidazole rings is 1. The lowest BCUT2D eigenvalue weighted by Crippen LogP contribution is -2.49. The van der Waals surface area contributed by atoms with Crippen molar-refractivity contribution in [2.45, 2.75) is 50.9 Å². The summed E-state index contributed by atoms with van der Waals surface area (Å²) in [4.78, 5) is 21.3. The number of hydrogen-bond donors (Lipinski definition) is 0. The third kappa shape index (κ3) is 3.75. The van der Waals surface area contributed by atoms with E-state index in [0.29, 0.717) is 12.5 Å². The van der Waals surface area contributed by atoms with Crippen LogP contribution in [0.4, 0.5) is 0 Å². The molecule has 2 aliphatic rings. The largest absolute Gasteiger partial charge is 0.375 e. The fourth-order valence-electron chi connectivity index (χ4n) is 3.62. The Hall–Kier alpha value is -1.40. The van der Waals surface area contributed by atoms with Gasteiger partial charge in [0, 0.05) is 45.5 Å². The van der Waals surface area contributed by atoms with Crippen LogP contribution in [0.1, 0.15) is 44.5 Å². The lowest BCUT2D eigenvalue weighted by molar-refractivity contribution is -0.134. The van der Waals surface area contributed by atoms with Gasteiger partial charge in [0.15, 0.2) is 0 Å². The number of aryl methyl sites for hydroxylation is 1. The Labute approximate surface area is 138 Å². The van der Waals surface area contributed by atoms with Gasteiger partial charge in [0.25, 0.3) is 0 Å². The first-order chi connectivity index (χ1) is 11.0. The Kier molecular flexibility index (Phi) is 5.02. The average Bonchev–Trinajstić information content (AvgIpc) is 3.14. The summed E-state index contributed by atoms with van der Waals surface area (Å²) in [7, 11) is 4.12. The van der Waals surface area contributed by atoms with Crippen molar-refractivity contribution in [2.24, 2.45) is 7.05 Å². The van der Waals surface area contributed by atoms with Crippen LogP contribution in [0.2, 0.25) is 0 Å². The minimum absolute atomic E-state index is 0.176. The monoisotopic (exact) mass is 320 g/mol. The van der Waals surface area contributed by atoms with Gasteiger partial charge >= 0.3 is 0 Å². The van der Waals surface area contributed by atoms with E-state index in [2.05, 4.69) is 23.9 Å². The molecule has 0 radical (unpaired) electrons. The van der Waals surface area contributed by atoms with Crippen LogP contribution >= 0.6 is 0 Å². The second-order valence-corrected chi connectivity index (χ2v) is 6.92. The highest BCUT2D eigenvalue weighted by molar-refractivity contribution is 5.76. The van der Waals surface area contributed by atoms with E-state index in [0.717, 1.165) is 44.7 Å². The Morgan fingerprint density at radius 1 is 1.35 bits per heavy atom. The van der Waals surface area contributed by atoms with Gasteiger partial charge in [-0.15, -0.1) is 0 Å². The molecule has 6 heteroatoms. The molecule has 2 saturated heterocycles. The van der Waals surface area contributed by atoms with E-state index in [1.165, 1.54) is 0 Å². The summed E-state index contributed by atoms with van der Waals surface area (Å²) in [6.45, 7) is 4.53. The van der Waals surface area contributed by atoms with Gasteiger partial charge < -0.3 is 14.2 Å². The predicted molar refractivity (Wildman–Crippen MR) is 88.0 cm³/mol. The highest BCUT2D eigenvalue weighted by Crippen LogP contribution is 2.25. The van der Waals surface area contributed by atoms with Crippen LogP contribution in [0.25, 0.3) is 0 Å². The normalized spacial score (nSPS) is 29.2. The molecule has 0 N–H and O–H groups in total. The maximum atomic E-state index is 12.6. The van der Waals surface area contributed by atoms with E-state index in [-0.39, 0.29) is 18.1 Å². The van der Waals surface area contributed by atoms with Crippen molar-refractivity contribution in [3.8, 4) is 0 Å². The fraction of sp³-hybridized carbons (Fsp3) is 0.765. The number of hydrogen-bond acceptors (Lipinski definition) is 4. The zero-order valence-corrected chi connectivity index (χ0v) is 14.4. The van der Waals surface area contributed by atoms with Crippen molar-refractivity contribution >= 4 is 5.91 Å². The summed E-state index contributed by atoms with van der Waals surface area (Å²) >= 11 is 0. The summed E-state index contributed by atoms with van der Waals surface area (Å²) in [6.07, 6.45) is 8.06. The maximum Gasteiger partial charge on any atom is 0.222 e. The summed E-state index contributed by atoms with van der Waals surface area (Å²) < 4.78 is 7.86. The lowest BCUT2D eigenvalue weighted by Gasteiger charge is -2.39. The van der Waals surface area contributed by atoms with Crippen LogP contribution in [-0.4, -0.2) is 64.1 Å². The van der Waals surface area contributed by atoms with Gasteiger partial charge in [0.1, 0.15) is 5.82 Å². The molecule has 3 atom stereocenters. The van der Waals surface area contributed by atoms with Gasteiger partial charge in [-0.05, 0) is 33.2 Å². The summed E-state index contributed by atoms with van der Waals surface area (Å²) in [6, 6.07) is 0.176. The van der Waals surface area contributed by atoms with Gasteiger partial charge in [-0.2, -0.15) is 0 Å². The second kappa shape index (κ2) is 7.01. The van der Waals surface area contributed by atoms with Gasteiger partial charge in [-0.3, -0.25) is 9.69 Å². The molecule has 3 rings (SSSR count). The Morgan fingerprint density at radius 2 is 2.17 bits per heavy atom. The molecule has 1 aromatic rings. The minimum Gasteiger partial charge on any atom is -0.375 e. The van der Waals surface area contributed by atoms with Crippen LogP contribution in [0.5, 0.6) is 0 Å². The van der Waals surface area contributed by atoms with Gasteiger partial charge in [-0.1, -0.05) is 0 Å². The first kappa shape index (κ1) is 16.5. The molecule has 23 heavy (non-hydrogen) atoms. The highest BCUT2D eigenvalue weighted by Gasteiger charge is 2.31. The van der Waals surface area contributed by atoms with Crippen molar-refractivity contribution in [3.05, 3.63) is 18.2 Å². The zero-order chi connectivity index (χ0) is 16.4. The molecule has 0 bridgehead atoms. The van der Waals surface area contributed by atoms with E-state index in [9.17, 15) is 4.79 Å². The third-order valence-corrected chi connectivity index (χ3v) is 5.16. The van der Waals surface area contributed by atoms with Crippen LogP contribution in [0, 0.1) is 0 Å². The third-order valence-electron chi connectivity index (χ3n) is 5.16. The molecule has 1 aromatic heterocycles. The second-order valence-electron chi connectivity index (χ2n) is 6.92. The molecule has 6 nitrogen and oxygen atoms in total. The van der Waals surface area contributed by atoms with Crippen molar-refractivity contribution in [2.75, 3.05) is 26.7 Å². The van der Waals surface area contributed by atoms with E-state index >= 15 is 0 Å². The molecular formula is C17H28N4O2. The molecule has 0 spiro atoms. The molecule has 128 valence electrons. The van der Waals surface area contributed by atoms with Gasteiger partial charge in [-0.25, -0.2) is 4.98 Å². The Morgan fingerprint density at radius 3 is 2.83 bits per heavy atom. The molecular weight excluding hydrogens is 292 g/mol. The number of aromatic nitrogens is 2. The molecule has 3 heterocycles. The first-order valence-corrected chi connectivity index (χ1v) is 8.65. The standard InChI is InChI=1S/C17H28N4O2/c1-13-4-5-14(23-13)6-7-16(22)21-11-10-19(2)15(12-21)17-18-8-9-20(17)3/h8-9,13-15H,4-7,10-12H2,1-3H3/t13-,14-,15-/m1/s1. The molecule has 0 unspecified atom stereocenters. The van der Waals surface area contributed by atoms with Crippen molar-refractivity contribution < 1.29 is 9.53 Å². The van der Waals surface area contributed by atoms with Crippen LogP contribution in [-0.2, 0) is 16.6 Å². The maximum absolute atomic E-state index is 12.6. The average molecular weight is 320 g/mol. The minimum atomic E-state index is 0.176. The lowest BCUT2D eigenvalue weighted by atomic mass is 10.1. The van der Waals surface area contributed by atoms with Gasteiger partial charge in [0.05, 0.1) is 18.2 Å². The molecule has 2 fully saturated rings. The van der Waals surface area contributed by atoms with E-state index < -0.39 is 0 Å². The number of carbonyl (C=O) groups is 1. The quantitative estimate of drug-likeness (QED) is 0.845. The van der Waals surface area contributed by atoms with Crippen molar-refractivity contribution in [1.82, 2.24) is 19.4 Å². The topological polar surface area (TPSA) is 50.6 Å². The van der Waals surface area contributed by atoms with Crippen LogP contribution in [0.15, 0.2) is 12.4 Å². The first-order valence-electron chi connectivity index (χ1n) is 8.65. The van der Waals surface area contributed by atoms with Crippen LogP contribution < -0.4 is 0 Å². The molecule has 0 aromatic carbocycles. The van der Waals surface area contributed by atoms with E-state index in [4.69, 9.17) is 4.74 Å². The number of amides is 1. The number of likely N-dealkylation sites (N-methyl/N-ethyl adjacent to an activating group) is 1. The summed E-state index contributed by atoms with van der Waals surface area (Å²) in [5.41, 5.74) is 0. The van der Waals surface area contributed by atoms with Crippen molar-refractivity contribution in [3.63, 3.8) is 0 Å². The van der Waals surface area contributed by atoms with Crippen LogP contribution in [0.3, 0.4) is 0 Å². The fourth-order valence-corrected chi connectivity index (χ4v) is 3.62. The molecule has 0 saturated carbocycles. The Balaban J connectivity index is 1.55. The number of piperazine rings is 1. The number of rotatable bonds is 4. The zero-order valence-electron chi connectivity index (χ0n) is 14.4. The molecule has 2 aliphatic heterocycles. The van der Waals surface area contributed by atoms with Gasteiger partial charge in [0.2, 0.25) is 5.91 Å². The molecule has 1 amide bonds. The smallest absolute Gasteiger partial charge is 0.222 e. The predicted octanol–water partition coefficient (Wildman–Crippen LogP) is 1.58.